The van der Waals surface area contributed by atoms with Crippen molar-refractivity contribution in [2.75, 3.05) is 0 Å². The van der Waals surface area contributed by atoms with Crippen molar-refractivity contribution in [3.63, 3.8) is 0 Å². The molecule has 0 saturated heterocycles. The van der Waals surface area contributed by atoms with Crippen LogP contribution in [-0.2, 0) is 0 Å². The Balaban J connectivity index is 1.76. The molecule has 0 spiro atoms. The van der Waals surface area contributed by atoms with Crippen molar-refractivity contribution >= 4 is 29.1 Å². The summed E-state index contributed by atoms with van der Waals surface area (Å²) >= 11 is 12.2. The van der Waals surface area contributed by atoms with E-state index >= 15 is 0 Å². The maximum Gasteiger partial charge on any atom is 0.253 e. The van der Waals surface area contributed by atoms with Gasteiger partial charge in [-0.15, -0.1) is 0 Å². The van der Waals surface area contributed by atoms with Gasteiger partial charge in [-0.25, -0.2) is 0 Å². The summed E-state index contributed by atoms with van der Waals surface area (Å²) in [5.41, 5.74) is 2.10. The van der Waals surface area contributed by atoms with Crippen molar-refractivity contribution in [2.45, 2.75) is 19.9 Å². The summed E-state index contributed by atoms with van der Waals surface area (Å²) in [7, 11) is 0. The highest BCUT2D eigenvalue weighted by molar-refractivity contribution is 6.33. The highest BCUT2D eigenvalue weighted by Crippen LogP contribution is 2.24. The Morgan fingerprint density at radius 2 is 1.92 bits per heavy atom. The summed E-state index contributed by atoms with van der Waals surface area (Å²) in [6.07, 6.45) is 0. The number of benzene rings is 2. The predicted molar refractivity (Wildman–Crippen MR) is 96.8 cm³/mol. The summed E-state index contributed by atoms with van der Waals surface area (Å²) in [5, 5.41) is 7.76. The zero-order valence-electron chi connectivity index (χ0n) is 13.6. The van der Waals surface area contributed by atoms with Crippen molar-refractivity contribution in [1.29, 1.82) is 0 Å². The van der Waals surface area contributed by atoms with Gasteiger partial charge in [0.15, 0.2) is 0 Å². The van der Waals surface area contributed by atoms with E-state index in [4.69, 9.17) is 27.7 Å². The van der Waals surface area contributed by atoms with Crippen LogP contribution in [0.4, 0.5) is 0 Å². The van der Waals surface area contributed by atoms with Crippen LogP contribution < -0.4 is 5.32 Å². The largest absolute Gasteiger partial charge is 0.340 e. The zero-order valence-corrected chi connectivity index (χ0v) is 15.1. The van der Waals surface area contributed by atoms with Crippen molar-refractivity contribution < 1.29 is 9.32 Å². The van der Waals surface area contributed by atoms with Crippen LogP contribution >= 0.6 is 23.2 Å². The molecule has 1 aromatic heterocycles. The smallest absolute Gasteiger partial charge is 0.253 e. The number of aromatic nitrogens is 2. The molecule has 0 aliphatic heterocycles. The van der Waals surface area contributed by atoms with Gasteiger partial charge in [-0.3, -0.25) is 4.79 Å². The van der Waals surface area contributed by atoms with Crippen LogP contribution in [0, 0.1) is 6.92 Å². The van der Waals surface area contributed by atoms with Crippen LogP contribution in [0.3, 0.4) is 0 Å². The molecular weight excluding hydrogens is 361 g/mol. The molecule has 0 fully saturated rings. The molecule has 7 heteroatoms. The van der Waals surface area contributed by atoms with E-state index in [0.717, 1.165) is 11.1 Å². The molecule has 2 aromatic carbocycles. The topological polar surface area (TPSA) is 68.0 Å². The van der Waals surface area contributed by atoms with Crippen LogP contribution in [0.25, 0.3) is 11.4 Å². The van der Waals surface area contributed by atoms with Gasteiger partial charge in [0, 0.05) is 10.6 Å². The molecule has 0 bridgehead atoms. The van der Waals surface area contributed by atoms with Gasteiger partial charge >= 0.3 is 0 Å². The number of nitrogens with zero attached hydrogens (tertiary/aromatic N) is 2. The molecule has 25 heavy (non-hydrogen) atoms. The molecule has 1 amide bonds. The molecule has 1 atom stereocenters. The minimum absolute atomic E-state index is 0.298. The van der Waals surface area contributed by atoms with Crippen molar-refractivity contribution in [1.82, 2.24) is 15.5 Å². The number of hydrogen-bond acceptors (Lipinski definition) is 4. The summed E-state index contributed by atoms with van der Waals surface area (Å²) < 4.78 is 5.27. The first kappa shape index (κ1) is 17.5. The Morgan fingerprint density at radius 3 is 2.64 bits per heavy atom. The van der Waals surface area contributed by atoms with Gasteiger partial charge in [0.25, 0.3) is 5.91 Å². The molecule has 128 valence electrons. The molecule has 0 aliphatic carbocycles. The van der Waals surface area contributed by atoms with E-state index in [1.165, 1.54) is 0 Å². The zero-order chi connectivity index (χ0) is 18.0. The second kappa shape index (κ2) is 7.25. The van der Waals surface area contributed by atoms with E-state index in [0.29, 0.717) is 27.3 Å². The fraction of sp³-hybridized carbons (Fsp3) is 0.167. The monoisotopic (exact) mass is 375 g/mol. The fourth-order valence-electron chi connectivity index (χ4n) is 2.24. The number of aryl methyl sites for hydroxylation is 1. The van der Waals surface area contributed by atoms with Gasteiger partial charge in [0.2, 0.25) is 11.7 Å². The Morgan fingerprint density at radius 1 is 1.16 bits per heavy atom. The second-order valence-electron chi connectivity index (χ2n) is 5.60. The van der Waals surface area contributed by atoms with E-state index < -0.39 is 6.04 Å². The minimum atomic E-state index is -0.467. The number of carbonyl (C=O) groups is 1. The molecule has 1 heterocycles. The van der Waals surface area contributed by atoms with Crippen LogP contribution in [0.1, 0.15) is 34.8 Å². The third kappa shape index (κ3) is 3.83. The van der Waals surface area contributed by atoms with E-state index in [1.807, 2.05) is 19.1 Å². The normalized spacial score (nSPS) is 12.0. The summed E-state index contributed by atoms with van der Waals surface area (Å²) in [6, 6.07) is 11.9. The number of nitrogens with one attached hydrogen (secondary N) is 1. The van der Waals surface area contributed by atoms with E-state index in [9.17, 15) is 4.79 Å². The van der Waals surface area contributed by atoms with E-state index in [2.05, 4.69) is 15.5 Å². The van der Waals surface area contributed by atoms with Gasteiger partial charge in [-0.1, -0.05) is 52.6 Å². The quantitative estimate of drug-likeness (QED) is 0.707. The lowest BCUT2D eigenvalue weighted by Crippen LogP contribution is -2.27. The molecule has 1 N–H and O–H groups in total. The van der Waals surface area contributed by atoms with E-state index in [-0.39, 0.29) is 5.91 Å². The Hall–Kier alpha value is -2.37. The second-order valence-corrected chi connectivity index (χ2v) is 6.41. The number of rotatable bonds is 4. The first-order valence-corrected chi connectivity index (χ1v) is 8.37. The highest BCUT2D eigenvalue weighted by Gasteiger charge is 2.19. The highest BCUT2D eigenvalue weighted by atomic mass is 35.5. The maximum absolute atomic E-state index is 12.3. The molecule has 0 saturated carbocycles. The molecule has 3 rings (SSSR count). The maximum atomic E-state index is 12.3. The number of carbonyl (C=O) groups excluding carboxylic acids is 1. The molecule has 5 nitrogen and oxygen atoms in total. The molecule has 0 aliphatic rings. The number of amides is 1. The lowest BCUT2D eigenvalue weighted by molar-refractivity contribution is 0.0932. The minimum Gasteiger partial charge on any atom is -0.340 e. The lowest BCUT2D eigenvalue weighted by Gasteiger charge is -2.10. The fourth-order valence-corrected chi connectivity index (χ4v) is 2.64. The van der Waals surface area contributed by atoms with Gasteiger partial charge in [-0.2, -0.15) is 4.98 Å². The number of halogens is 2. The van der Waals surface area contributed by atoms with Gasteiger partial charge < -0.3 is 9.84 Å². The molecular formula is C18H15Cl2N3O2. The Bertz CT molecular complexity index is 924. The lowest BCUT2D eigenvalue weighted by atomic mass is 10.1. The average Bonchev–Trinajstić information content (AvgIpc) is 3.08. The first-order chi connectivity index (χ1) is 12.0. The van der Waals surface area contributed by atoms with Crippen LogP contribution in [0.15, 0.2) is 47.0 Å². The SMILES string of the molecule is Cc1ccc(-c2noc([C@H](C)NC(=O)c3ccccc3Cl)n2)cc1Cl. The van der Waals surface area contributed by atoms with Crippen LogP contribution in [0.2, 0.25) is 10.0 Å². The average molecular weight is 376 g/mol. The summed E-state index contributed by atoms with van der Waals surface area (Å²) in [4.78, 5) is 16.6. The standard InChI is InChI=1S/C18H15Cl2N3O2/c1-10-7-8-12(9-15(10)20)16-22-18(25-23-16)11(2)21-17(24)13-5-3-4-6-14(13)19/h3-9,11H,1-2H3,(H,21,24)/t11-/m0/s1. The van der Waals surface area contributed by atoms with Crippen LogP contribution in [0.5, 0.6) is 0 Å². The van der Waals surface area contributed by atoms with Crippen LogP contribution in [-0.4, -0.2) is 16.0 Å². The van der Waals surface area contributed by atoms with Crippen molar-refractivity contribution in [3.8, 4) is 11.4 Å². The van der Waals surface area contributed by atoms with Crippen molar-refractivity contribution in [2.24, 2.45) is 0 Å². The summed E-state index contributed by atoms with van der Waals surface area (Å²) in [5.74, 6) is 0.402. The molecule has 3 aromatic rings. The van der Waals surface area contributed by atoms with Gasteiger partial charge in [-0.05, 0) is 37.6 Å². The van der Waals surface area contributed by atoms with E-state index in [1.54, 1.807) is 37.3 Å². The third-order valence-electron chi connectivity index (χ3n) is 3.71. The summed E-state index contributed by atoms with van der Waals surface area (Å²) in [6.45, 7) is 3.67. The number of hydrogen-bond donors (Lipinski definition) is 1. The van der Waals surface area contributed by atoms with Gasteiger partial charge in [0.05, 0.1) is 10.6 Å². The molecule has 0 radical (unpaired) electrons. The third-order valence-corrected chi connectivity index (χ3v) is 4.45. The van der Waals surface area contributed by atoms with Crippen molar-refractivity contribution in [3.05, 3.63) is 69.5 Å². The Labute approximate surface area is 155 Å². The Kier molecular flexibility index (Phi) is 5.06. The van der Waals surface area contributed by atoms with Gasteiger partial charge in [0.1, 0.15) is 6.04 Å². The molecule has 0 unspecified atom stereocenters. The first-order valence-electron chi connectivity index (χ1n) is 7.61. The predicted octanol–water partition coefficient (Wildman–Crippen LogP) is 4.84.